The highest BCUT2D eigenvalue weighted by Crippen LogP contribution is 2.17. The molecule has 2 amide bonds. The third-order valence-corrected chi connectivity index (χ3v) is 2.22. The number of carbonyl (C=O) groups excluding carboxylic acids is 2. The van der Waals surface area contributed by atoms with E-state index in [-0.39, 0.29) is 17.9 Å². The number of nitrogens with two attached hydrogens (primary N) is 1. The Labute approximate surface area is 109 Å². The molecule has 0 fully saturated rings. The number of primary amides is 1. The molecule has 1 atom stereocenters. The van der Waals surface area contributed by atoms with Gasteiger partial charge in [0.2, 0.25) is 0 Å². The summed E-state index contributed by atoms with van der Waals surface area (Å²) in [5, 5.41) is 11.0. The molecule has 0 aromatic heterocycles. The average Bonchev–Trinajstić information content (AvgIpc) is 2.36. The summed E-state index contributed by atoms with van der Waals surface area (Å²) in [6.45, 7) is 0.978. The maximum atomic E-state index is 11.9. The average molecular weight is 266 g/mol. The third-order valence-electron chi connectivity index (χ3n) is 2.22. The van der Waals surface area contributed by atoms with E-state index in [0.717, 1.165) is 0 Å². The molecular weight excluding hydrogens is 252 g/mol. The van der Waals surface area contributed by atoms with Crippen LogP contribution in [-0.4, -0.2) is 35.5 Å². The zero-order valence-electron chi connectivity index (χ0n) is 10.3. The van der Waals surface area contributed by atoms with Gasteiger partial charge in [0.05, 0.1) is 5.56 Å². The van der Waals surface area contributed by atoms with Crippen molar-refractivity contribution in [2.75, 3.05) is 6.61 Å². The first-order chi connectivity index (χ1) is 8.91. The number of hydrogen-bond donors (Lipinski definition) is 3. The van der Waals surface area contributed by atoms with Crippen molar-refractivity contribution < 1.29 is 24.2 Å². The quantitative estimate of drug-likeness (QED) is 0.656. The van der Waals surface area contributed by atoms with Crippen molar-refractivity contribution in [2.24, 2.45) is 5.73 Å². The Morgan fingerprint density at radius 1 is 1.37 bits per heavy atom. The number of carbonyl (C=O) groups is 3. The fourth-order valence-corrected chi connectivity index (χ4v) is 1.27. The second kappa shape index (κ2) is 6.39. The fraction of sp³-hybridized carbons (Fsp3) is 0.250. The van der Waals surface area contributed by atoms with Crippen LogP contribution in [0.25, 0.3) is 0 Å². The minimum Gasteiger partial charge on any atom is -0.483 e. The molecule has 0 saturated carbocycles. The van der Waals surface area contributed by atoms with E-state index in [1.165, 1.54) is 19.1 Å². The first-order valence-corrected chi connectivity index (χ1v) is 5.45. The summed E-state index contributed by atoms with van der Waals surface area (Å²) in [5.41, 5.74) is 5.08. The second-order valence-corrected chi connectivity index (χ2v) is 3.78. The van der Waals surface area contributed by atoms with E-state index in [4.69, 9.17) is 15.6 Å². The minimum atomic E-state index is -1.15. The van der Waals surface area contributed by atoms with Gasteiger partial charge in [-0.1, -0.05) is 12.1 Å². The zero-order valence-corrected chi connectivity index (χ0v) is 10.3. The van der Waals surface area contributed by atoms with E-state index in [1.54, 1.807) is 12.1 Å². The Bertz CT molecular complexity index is 501. The molecule has 1 rings (SSSR count). The van der Waals surface area contributed by atoms with Crippen LogP contribution in [0.15, 0.2) is 24.3 Å². The molecular formula is C12H14N2O5. The van der Waals surface area contributed by atoms with Gasteiger partial charge in [-0.25, -0.2) is 0 Å². The number of aliphatic carboxylic acids is 1. The number of nitrogens with one attached hydrogen (secondary N) is 1. The molecule has 0 aliphatic carbocycles. The van der Waals surface area contributed by atoms with Crippen LogP contribution in [0, 0.1) is 0 Å². The standard InChI is InChI=1S/C12H14N2O5/c1-7(12(17)18)14-11(16)8-4-2-3-5-9(8)19-6-10(13)15/h2-5,7H,6H2,1H3,(H2,13,15)(H,14,16)(H,17,18). The number of benzene rings is 1. The summed E-state index contributed by atoms with van der Waals surface area (Å²) >= 11 is 0. The van der Waals surface area contributed by atoms with Gasteiger partial charge < -0.3 is 20.9 Å². The predicted molar refractivity (Wildman–Crippen MR) is 65.7 cm³/mol. The zero-order chi connectivity index (χ0) is 14.4. The molecule has 1 unspecified atom stereocenters. The fourth-order valence-electron chi connectivity index (χ4n) is 1.27. The molecule has 102 valence electrons. The van der Waals surface area contributed by atoms with Crippen LogP contribution in [0.4, 0.5) is 0 Å². The monoisotopic (exact) mass is 266 g/mol. The highest BCUT2D eigenvalue weighted by molar-refractivity contribution is 5.98. The summed E-state index contributed by atoms with van der Waals surface area (Å²) in [7, 11) is 0. The van der Waals surface area contributed by atoms with Gasteiger partial charge in [-0.3, -0.25) is 14.4 Å². The summed E-state index contributed by atoms with van der Waals surface area (Å²) in [4.78, 5) is 33.2. The Morgan fingerprint density at radius 3 is 2.58 bits per heavy atom. The summed E-state index contributed by atoms with van der Waals surface area (Å²) in [6.07, 6.45) is 0. The van der Waals surface area contributed by atoms with Crippen LogP contribution in [0.5, 0.6) is 5.75 Å². The second-order valence-electron chi connectivity index (χ2n) is 3.78. The van der Waals surface area contributed by atoms with Crippen LogP contribution in [0.3, 0.4) is 0 Å². The molecule has 0 spiro atoms. The molecule has 1 aromatic carbocycles. The van der Waals surface area contributed by atoms with E-state index in [1.807, 2.05) is 0 Å². The molecule has 0 bridgehead atoms. The van der Waals surface area contributed by atoms with E-state index in [2.05, 4.69) is 5.32 Å². The van der Waals surface area contributed by atoms with Gasteiger partial charge in [0, 0.05) is 0 Å². The lowest BCUT2D eigenvalue weighted by Gasteiger charge is -2.12. The maximum Gasteiger partial charge on any atom is 0.325 e. The number of hydrogen-bond acceptors (Lipinski definition) is 4. The van der Waals surface area contributed by atoms with Crippen molar-refractivity contribution >= 4 is 17.8 Å². The van der Waals surface area contributed by atoms with Gasteiger partial charge in [0.25, 0.3) is 11.8 Å². The lowest BCUT2D eigenvalue weighted by molar-refractivity contribution is -0.138. The molecule has 4 N–H and O–H groups in total. The lowest BCUT2D eigenvalue weighted by Crippen LogP contribution is -2.38. The highest BCUT2D eigenvalue weighted by atomic mass is 16.5. The molecule has 1 aromatic rings. The molecule has 0 saturated heterocycles. The number of carboxylic acids is 1. The molecule has 0 radical (unpaired) electrons. The van der Waals surface area contributed by atoms with Gasteiger partial charge in [-0.2, -0.15) is 0 Å². The molecule has 0 heterocycles. The summed E-state index contributed by atoms with van der Waals surface area (Å²) < 4.78 is 5.08. The Kier molecular flexibility index (Phi) is 4.87. The van der Waals surface area contributed by atoms with E-state index < -0.39 is 23.8 Å². The molecule has 0 aliphatic rings. The van der Waals surface area contributed by atoms with Gasteiger partial charge in [0.1, 0.15) is 11.8 Å². The SMILES string of the molecule is CC(NC(=O)c1ccccc1OCC(N)=O)C(=O)O. The van der Waals surface area contributed by atoms with Crippen LogP contribution in [0.2, 0.25) is 0 Å². The number of rotatable bonds is 6. The van der Waals surface area contributed by atoms with Crippen LogP contribution in [-0.2, 0) is 9.59 Å². The first kappa shape index (κ1) is 14.5. The topological polar surface area (TPSA) is 119 Å². The third kappa shape index (κ3) is 4.30. The summed E-state index contributed by atoms with van der Waals surface area (Å²) in [5.74, 6) is -2.26. The lowest BCUT2D eigenvalue weighted by atomic mass is 10.1. The number of amides is 2. The predicted octanol–water partition coefficient (Wildman–Crippen LogP) is -0.246. The van der Waals surface area contributed by atoms with Crippen molar-refractivity contribution in [3.05, 3.63) is 29.8 Å². The first-order valence-electron chi connectivity index (χ1n) is 5.45. The number of para-hydroxylation sites is 1. The van der Waals surface area contributed by atoms with Crippen LogP contribution >= 0.6 is 0 Å². The molecule has 19 heavy (non-hydrogen) atoms. The van der Waals surface area contributed by atoms with Crippen molar-refractivity contribution in [1.82, 2.24) is 5.32 Å². The Morgan fingerprint density at radius 2 is 2.00 bits per heavy atom. The largest absolute Gasteiger partial charge is 0.483 e. The van der Waals surface area contributed by atoms with Gasteiger partial charge in [-0.15, -0.1) is 0 Å². The Balaban J connectivity index is 2.84. The van der Waals surface area contributed by atoms with E-state index in [0.29, 0.717) is 0 Å². The van der Waals surface area contributed by atoms with Gasteiger partial charge in [0.15, 0.2) is 6.61 Å². The number of carboxylic acid groups (broad SMARTS) is 1. The van der Waals surface area contributed by atoms with Crippen molar-refractivity contribution in [3.8, 4) is 5.75 Å². The normalized spacial score (nSPS) is 11.4. The van der Waals surface area contributed by atoms with Crippen LogP contribution in [0.1, 0.15) is 17.3 Å². The Hall–Kier alpha value is -2.57. The van der Waals surface area contributed by atoms with Gasteiger partial charge >= 0.3 is 5.97 Å². The maximum absolute atomic E-state index is 11.9. The molecule has 0 aliphatic heterocycles. The van der Waals surface area contributed by atoms with Gasteiger partial charge in [-0.05, 0) is 19.1 Å². The van der Waals surface area contributed by atoms with Crippen molar-refractivity contribution in [2.45, 2.75) is 13.0 Å². The highest BCUT2D eigenvalue weighted by Gasteiger charge is 2.18. The minimum absolute atomic E-state index is 0.136. The molecule has 7 heteroatoms. The van der Waals surface area contributed by atoms with Crippen LogP contribution < -0.4 is 15.8 Å². The number of ether oxygens (including phenoxy) is 1. The van der Waals surface area contributed by atoms with Crippen molar-refractivity contribution in [1.29, 1.82) is 0 Å². The smallest absolute Gasteiger partial charge is 0.325 e. The molecule has 7 nitrogen and oxygen atoms in total. The van der Waals surface area contributed by atoms with E-state index >= 15 is 0 Å². The summed E-state index contributed by atoms with van der Waals surface area (Å²) in [6, 6.07) is 5.13. The van der Waals surface area contributed by atoms with E-state index in [9.17, 15) is 14.4 Å². The van der Waals surface area contributed by atoms with Crippen molar-refractivity contribution in [3.63, 3.8) is 0 Å².